The highest BCUT2D eigenvalue weighted by Gasteiger charge is 2.45. The molecule has 3 aliphatic rings. The number of unbranched alkanes of at least 4 members (excludes halogenated alkanes) is 1. The molecular formula is C71H113N13O20S2. The Bertz CT molecular complexity index is 3020. The second kappa shape index (κ2) is 52.0. The molecule has 0 spiro atoms. The average Bonchev–Trinajstić information content (AvgIpc) is 1.63. The Morgan fingerprint density at radius 2 is 1.16 bits per heavy atom. The third-order valence-corrected chi connectivity index (χ3v) is 19.6. The van der Waals surface area contributed by atoms with E-state index in [0.717, 1.165) is 11.1 Å². The van der Waals surface area contributed by atoms with E-state index >= 15 is 4.79 Å². The lowest BCUT2D eigenvalue weighted by Crippen LogP contribution is -2.61. The van der Waals surface area contributed by atoms with Gasteiger partial charge in [-0.05, 0) is 62.1 Å². The molecular weight excluding hydrogens is 1420 g/mol. The van der Waals surface area contributed by atoms with Crippen molar-refractivity contribution in [3.05, 3.63) is 71.3 Å². The number of carbonyl (C=O) groups is 11. The van der Waals surface area contributed by atoms with Crippen molar-refractivity contribution < 1.29 is 96.5 Å². The Balaban J connectivity index is 1.16. The molecule has 0 aromatic heterocycles. The van der Waals surface area contributed by atoms with Crippen LogP contribution in [0.5, 0.6) is 0 Å². The molecule has 9 amide bonds. The van der Waals surface area contributed by atoms with Crippen LogP contribution >= 0.6 is 23.5 Å². The van der Waals surface area contributed by atoms with Crippen LogP contribution in [0.2, 0.25) is 0 Å². The fourth-order valence-corrected chi connectivity index (χ4v) is 13.8. The first-order valence-electron chi connectivity index (χ1n) is 36.6. The predicted molar refractivity (Wildman–Crippen MR) is 396 cm³/mol. The zero-order chi connectivity index (χ0) is 76.9. The Labute approximate surface area is 628 Å². The molecule has 9 atom stereocenters. The van der Waals surface area contributed by atoms with E-state index in [9.17, 15) is 63.3 Å². The number of aliphatic hydroxyl groups is 1. The predicted octanol–water partition coefficient (Wildman–Crippen LogP) is -1.86. The van der Waals surface area contributed by atoms with E-state index in [1.165, 1.54) is 40.2 Å². The first kappa shape index (κ1) is 89.5. The molecule has 3 aliphatic heterocycles. The van der Waals surface area contributed by atoms with Crippen molar-refractivity contribution in [1.82, 2.24) is 57.7 Å². The zero-order valence-corrected chi connectivity index (χ0v) is 62.7. The summed E-state index contributed by atoms with van der Waals surface area (Å²) in [6, 6.07) is 5.14. The number of ether oxygens (including phenoxy) is 6. The van der Waals surface area contributed by atoms with E-state index in [-0.39, 0.29) is 88.3 Å². The first-order valence-corrected chi connectivity index (χ1v) is 38.9. The molecule has 0 aliphatic carbocycles. The molecule has 2 aromatic rings. The second-order valence-electron chi connectivity index (χ2n) is 25.8. The maximum Gasteiger partial charge on any atom is 0.327 e. The maximum absolute atomic E-state index is 15.1. The highest BCUT2D eigenvalue weighted by molar-refractivity contribution is 7.98. The number of benzene rings is 2. The normalized spacial score (nSPS) is 20.9. The SMILES string of the molecule is CCCC[C@H](NC(=O)CCOCCOCCOCCOCCOCCOCCNC(=O)C(CNCCN)CNCCN)C(=O)N[C@H]1CSCc2cccc(c2)CSC[C@@H](C(=O)O)NC(=O)[C@H](Cc2ccccc2)NC(=O)[C@H](CCC(=O)O)NC(=O)[C@H]([C@@H](C)O)NC(=O)[C@@H]2CCCN2C(=O)[C@@H]2CCCN2C1=O. The minimum Gasteiger partial charge on any atom is -0.481 e. The summed E-state index contributed by atoms with van der Waals surface area (Å²) in [6.45, 7) is 10.5. The van der Waals surface area contributed by atoms with Crippen molar-refractivity contribution in [2.24, 2.45) is 17.4 Å². The van der Waals surface area contributed by atoms with Gasteiger partial charge in [-0.3, -0.25) is 47.9 Å². The highest BCUT2D eigenvalue weighted by atomic mass is 32.2. The van der Waals surface area contributed by atoms with Gasteiger partial charge in [0.15, 0.2) is 0 Å². The Kier molecular flexibility index (Phi) is 43.9. The van der Waals surface area contributed by atoms with Crippen molar-refractivity contribution in [3.8, 4) is 0 Å². The molecule has 2 aromatic carbocycles. The van der Waals surface area contributed by atoms with Gasteiger partial charge in [-0.15, -0.1) is 0 Å². The maximum atomic E-state index is 15.1. The minimum atomic E-state index is -1.76. The van der Waals surface area contributed by atoms with Gasteiger partial charge in [-0.1, -0.05) is 74.4 Å². The van der Waals surface area contributed by atoms with Crippen molar-refractivity contribution in [2.45, 2.75) is 150 Å². The number of fused-ring (bicyclic) bond motifs is 4. The van der Waals surface area contributed by atoms with Crippen LogP contribution in [-0.2, 0) is 99.1 Å². The number of aliphatic carboxylic acids is 2. The lowest BCUT2D eigenvalue weighted by Gasteiger charge is -2.34. The number of carboxylic acids is 2. The Morgan fingerprint density at radius 1 is 0.613 bits per heavy atom. The van der Waals surface area contributed by atoms with Crippen molar-refractivity contribution in [3.63, 3.8) is 0 Å². The average molecular weight is 1530 g/mol. The molecule has 0 radical (unpaired) electrons. The summed E-state index contributed by atoms with van der Waals surface area (Å²) in [5.41, 5.74) is 13.3. The third-order valence-electron chi connectivity index (χ3n) is 17.4. The lowest BCUT2D eigenvalue weighted by atomic mass is 10.0. The van der Waals surface area contributed by atoms with E-state index in [1.807, 2.05) is 31.2 Å². The van der Waals surface area contributed by atoms with Crippen LogP contribution in [0, 0.1) is 5.92 Å². The number of hydrogen-bond acceptors (Lipinski definition) is 24. The van der Waals surface area contributed by atoms with Crippen molar-refractivity contribution >= 4 is 88.6 Å². The number of carbonyl (C=O) groups excluding carboxylic acids is 9. The molecule has 5 rings (SSSR count). The van der Waals surface area contributed by atoms with E-state index < -0.39 is 126 Å². The van der Waals surface area contributed by atoms with Crippen molar-refractivity contribution in [2.75, 3.05) is 150 Å². The quantitative estimate of drug-likeness (QED) is 0.0324. The number of aliphatic hydroxyl groups excluding tert-OH is 1. The summed E-state index contributed by atoms with van der Waals surface area (Å²) in [5, 5.41) is 56.1. The molecule has 2 bridgehead atoms. The van der Waals surface area contributed by atoms with Crippen LogP contribution in [0.15, 0.2) is 54.6 Å². The lowest BCUT2D eigenvalue weighted by molar-refractivity contribution is -0.148. The number of rotatable bonds is 43. The molecule has 106 heavy (non-hydrogen) atoms. The largest absolute Gasteiger partial charge is 0.481 e. The fraction of sp³-hybridized carbons (Fsp3) is 0.676. The minimum absolute atomic E-state index is 0.0250. The van der Waals surface area contributed by atoms with Gasteiger partial charge in [0.05, 0.1) is 91.3 Å². The number of carboxylic acid groups (broad SMARTS) is 2. The number of nitrogens with zero attached hydrogens (tertiary/aromatic N) is 2. The van der Waals surface area contributed by atoms with Crippen LogP contribution in [0.3, 0.4) is 0 Å². The second-order valence-corrected chi connectivity index (χ2v) is 27.9. The monoisotopic (exact) mass is 1530 g/mol. The zero-order valence-electron chi connectivity index (χ0n) is 61.1. The van der Waals surface area contributed by atoms with Gasteiger partial charge in [0.1, 0.15) is 48.3 Å². The summed E-state index contributed by atoms with van der Waals surface area (Å²) >= 11 is 2.55. The third kappa shape index (κ3) is 34.0. The van der Waals surface area contributed by atoms with Crippen LogP contribution in [0.1, 0.15) is 94.7 Å². The van der Waals surface area contributed by atoms with E-state index in [2.05, 4.69) is 47.9 Å². The van der Waals surface area contributed by atoms with Gasteiger partial charge in [0.2, 0.25) is 53.2 Å². The molecule has 0 saturated carbocycles. The topological polar surface area (TPSA) is 471 Å². The van der Waals surface area contributed by atoms with E-state index in [1.54, 1.807) is 30.3 Å². The number of hydrogen-bond donors (Lipinski definition) is 14. The highest BCUT2D eigenvalue weighted by Crippen LogP contribution is 2.28. The van der Waals surface area contributed by atoms with Crippen molar-refractivity contribution in [1.29, 1.82) is 0 Å². The molecule has 35 heteroatoms. The number of amides is 9. The van der Waals surface area contributed by atoms with Gasteiger partial charge < -0.3 is 113 Å². The van der Waals surface area contributed by atoms with Crippen LogP contribution in [0.4, 0.5) is 0 Å². The number of nitrogens with one attached hydrogen (secondary N) is 9. The van der Waals surface area contributed by atoms with E-state index in [4.69, 9.17) is 39.9 Å². The summed E-state index contributed by atoms with van der Waals surface area (Å²) in [5.74, 6) is -8.50. The van der Waals surface area contributed by atoms with Crippen LogP contribution < -0.4 is 59.3 Å². The van der Waals surface area contributed by atoms with Gasteiger partial charge in [-0.25, -0.2) is 4.79 Å². The number of nitrogens with two attached hydrogens (primary N) is 2. The van der Waals surface area contributed by atoms with Gasteiger partial charge in [0, 0.05) is 101 Å². The standard InChI is InChI=1S/C71H113N13O20S2/c1-3-4-15-53(77-60(86)20-28-99-30-32-101-34-36-103-38-39-104-37-35-102-33-31-100-29-25-76-63(89)52(42-74-23-21-72)43-75-24-22-73)64(90)80-56-46-105-44-50-13-8-14-51(40-50)45-106-47-57(71(97)98)81-66(92)55(41-49-11-6-5-7-12-49)79-65(91)54(18-19-61(87)88)78-68(94)62(48(2)85)82-67(93)58-16-9-26-83(58)70(96)59-17-10-27-84(59)69(56)95/h5-8,11-14,40,48,52-59,62,74-75,85H,3-4,9-10,15-39,41-47,72-73H2,1-2H3,(H,76,89)(H,77,86)(H,78,94)(H,79,91)(H,80,90)(H,81,92)(H,82,93)(H,87,88)(H,97,98)/t48-,53+,54+,55+,56+,57+,58+,59+,62+/m1/s1. The molecule has 33 nitrogen and oxygen atoms in total. The number of thioether (sulfide) groups is 2. The molecule has 0 unspecified atom stereocenters. The first-order chi connectivity index (χ1) is 51.2. The molecule has 16 N–H and O–H groups in total. The summed E-state index contributed by atoms with van der Waals surface area (Å²) in [6.07, 6.45) is -0.394. The van der Waals surface area contributed by atoms with Gasteiger partial charge in [-0.2, -0.15) is 23.5 Å². The Hall–Kier alpha value is -7.13. The molecule has 3 heterocycles. The summed E-state index contributed by atoms with van der Waals surface area (Å²) in [7, 11) is 0. The van der Waals surface area contributed by atoms with Gasteiger partial charge >= 0.3 is 11.9 Å². The fourth-order valence-electron chi connectivity index (χ4n) is 11.8. The van der Waals surface area contributed by atoms with Crippen LogP contribution in [0.25, 0.3) is 0 Å². The van der Waals surface area contributed by atoms with E-state index in [0.29, 0.717) is 148 Å². The van der Waals surface area contributed by atoms with Crippen LogP contribution in [-0.4, -0.2) is 294 Å². The molecule has 594 valence electrons. The molecule has 2 fully saturated rings. The Morgan fingerprint density at radius 3 is 1.73 bits per heavy atom. The smallest absolute Gasteiger partial charge is 0.327 e. The summed E-state index contributed by atoms with van der Waals surface area (Å²) < 4.78 is 33.6. The molecule has 2 saturated heterocycles. The summed E-state index contributed by atoms with van der Waals surface area (Å²) in [4.78, 5) is 155. The van der Waals surface area contributed by atoms with Gasteiger partial charge in [0.25, 0.3) is 0 Å².